The molecule has 19 heavy (non-hydrogen) atoms. The standard InChI is InChI=1S/C10H7BrClN5O2/c11-6-3-5(1-2-7(6)12)16-10-8(17(18)19)9(13)14-4-15-10/h1-4H,(H3,13,14,15,16). The summed E-state index contributed by atoms with van der Waals surface area (Å²) in [5, 5.41) is 14.3. The molecule has 1 heterocycles. The second-order valence-electron chi connectivity index (χ2n) is 3.47. The van der Waals surface area contributed by atoms with Gasteiger partial charge in [0.15, 0.2) is 0 Å². The summed E-state index contributed by atoms with van der Waals surface area (Å²) in [6.45, 7) is 0. The van der Waals surface area contributed by atoms with Crippen LogP contribution in [0.5, 0.6) is 0 Å². The van der Waals surface area contributed by atoms with E-state index in [2.05, 4.69) is 31.2 Å². The van der Waals surface area contributed by atoms with Gasteiger partial charge in [-0.1, -0.05) is 11.6 Å². The molecule has 0 bridgehead atoms. The van der Waals surface area contributed by atoms with Gasteiger partial charge in [0, 0.05) is 10.2 Å². The highest BCUT2D eigenvalue weighted by atomic mass is 79.9. The lowest BCUT2D eigenvalue weighted by Gasteiger charge is -2.07. The number of anilines is 3. The smallest absolute Gasteiger partial charge is 0.353 e. The molecule has 7 nitrogen and oxygen atoms in total. The summed E-state index contributed by atoms with van der Waals surface area (Å²) in [5.41, 5.74) is 5.68. The van der Waals surface area contributed by atoms with Crippen LogP contribution < -0.4 is 11.1 Å². The average molecular weight is 345 g/mol. The minimum atomic E-state index is -0.636. The average Bonchev–Trinajstić information content (AvgIpc) is 2.33. The first-order valence-corrected chi connectivity index (χ1v) is 6.13. The Morgan fingerprint density at radius 3 is 2.79 bits per heavy atom. The Bertz CT molecular complexity index is 652. The van der Waals surface area contributed by atoms with Crippen molar-refractivity contribution in [2.75, 3.05) is 11.1 Å². The van der Waals surface area contributed by atoms with Crippen LogP contribution in [0, 0.1) is 10.1 Å². The molecule has 0 aliphatic carbocycles. The molecule has 0 atom stereocenters. The number of nitro groups is 1. The third kappa shape index (κ3) is 2.91. The Morgan fingerprint density at radius 1 is 1.42 bits per heavy atom. The monoisotopic (exact) mass is 343 g/mol. The van der Waals surface area contributed by atoms with Crippen LogP contribution in [0.25, 0.3) is 0 Å². The first-order valence-electron chi connectivity index (χ1n) is 4.96. The van der Waals surface area contributed by atoms with E-state index in [1.165, 1.54) is 0 Å². The predicted octanol–water partition coefficient (Wildman–Crippen LogP) is 3.13. The van der Waals surface area contributed by atoms with Crippen molar-refractivity contribution >= 4 is 50.5 Å². The molecule has 3 N–H and O–H groups in total. The maximum absolute atomic E-state index is 10.9. The van der Waals surface area contributed by atoms with Crippen molar-refractivity contribution < 1.29 is 4.92 Å². The normalized spacial score (nSPS) is 10.2. The molecular formula is C10H7BrClN5O2. The second-order valence-corrected chi connectivity index (χ2v) is 4.73. The van der Waals surface area contributed by atoms with Crippen molar-refractivity contribution in [2.45, 2.75) is 0 Å². The highest BCUT2D eigenvalue weighted by Gasteiger charge is 2.20. The van der Waals surface area contributed by atoms with E-state index in [1.54, 1.807) is 18.2 Å². The first kappa shape index (κ1) is 13.5. The van der Waals surface area contributed by atoms with Gasteiger partial charge < -0.3 is 11.1 Å². The fourth-order valence-electron chi connectivity index (χ4n) is 1.37. The van der Waals surface area contributed by atoms with Crippen molar-refractivity contribution in [3.63, 3.8) is 0 Å². The third-order valence-corrected chi connectivity index (χ3v) is 3.43. The predicted molar refractivity (Wildman–Crippen MR) is 75.5 cm³/mol. The molecule has 98 valence electrons. The number of nitrogen functional groups attached to an aromatic ring is 1. The Hall–Kier alpha value is -1.93. The fraction of sp³-hybridized carbons (Fsp3) is 0. The summed E-state index contributed by atoms with van der Waals surface area (Å²) in [5.74, 6) is -0.178. The summed E-state index contributed by atoms with van der Waals surface area (Å²) in [4.78, 5) is 17.7. The Labute approximate surface area is 121 Å². The molecule has 0 amide bonds. The molecule has 0 radical (unpaired) electrons. The SMILES string of the molecule is Nc1ncnc(Nc2ccc(Cl)c(Br)c2)c1[N+](=O)[O-]. The Kier molecular flexibility index (Phi) is 3.82. The van der Waals surface area contributed by atoms with E-state index in [0.717, 1.165) is 6.33 Å². The molecule has 0 saturated heterocycles. The van der Waals surface area contributed by atoms with Gasteiger partial charge >= 0.3 is 5.69 Å². The van der Waals surface area contributed by atoms with E-state index >= 15 is 0 Å². The number of nitrogens with zero attached hydrogens (tertiary/aromatic N) is 3. The molecule has 2 aromatic rings. The van der Waals surface area contributed by atoms with E-state index in [1.807, 2.05) is 0 Å². The summed E-state index contributed by atoms with van der Waals surface area (Å²) in [6.07, 6.45) is 1.15. The summed E-state index contributed by atoms with van der Waals surface area (Å²) < 4.78 is 0.656. The van der Waals surface area contributed by atoms with Crippen molar-refractivity contribution in [2.24, 2.45) is 0 Å². The number of hydrogen-bond acceptors (Lipinski definition) is 6. The van der Waals surface area contributed by atoms with E-state index in [0.29, 0.717) is 15.2 Å². The van der Waals surface area contributed by atoms with E-state index in [9.17, 15) is 10.1 Å². The number of halogens is 2. The maximum Gasteiger partial charge on any atom is 0.353 e. The van der Waals surface area contributed by atoms with Crippen molar-refractivity contribution in [1.82, 2.24) is 9.97 Å². The van der Waals surface area contributed by atoms with Gasteiger partial charge in [-0.25, -0.2) is 9.97 Å². The minimum absolute atomic E-state index is 0.0201. The van der Waals surface area contributed by atoms with Crippen molar-refractivity contribution in [3.05, 3.63) is 44.1 Å². The molecule has 1 aromatic carbocycles. The van der Waals surface area contributed by atoms with E-state index in [4.69, 9.17) is 17.3 Å². The van der Waals surface area contributed by atoms with Gasteiger partial charge in [-0.3, -0.25) is 10.1 Å². The van der Waals surface area contributed by atoms with Crippen molar-refractivity contribution in [1.29, 1.82) is 0 Å². The number of nitrogens with one attached hydrogen (secondary N) is 1. The van der Waals surface area contributed by atoms with Crippen LogP contribution in [0.1, 0.15) is 0 Å². The zero-order valence-corrected chi connectivity index (χ0v) is 11.6. The minimum Gasteiger partial charge on any atom is -0.378 e. The Balaban J connectivity index is 2.40. The number of aromatic nitrogens is 2. The lowest BCUT2D eigenvalue weighted by atomic mass is 10.3. The van der Waals surface area contributed by atoms with Gasteiger partial charge in [0.05, 0.1) is 9.95 Å². The number of rotatable bonds is 3. The quantitative estimate of drug-likeness (QED) is 0.654. The highest BCUT2D eigenvalue weighted by Crippen LogP contribution is 2.31. The zero-order chi connectivity index (χ0) is 14.0. The Morgan fingerprint density at radius 2 is 2.16 bits per heavy atom. The van der Waals surface area contributed by atoms with Gasteiger partial charge in [0.2, 0.25) is 11.6 Å². The van der Waals surface area contributed by atoms with Gasteiger partial charge in [0.25, 0.3) is 0 Å². The maximum atomic E-state index is 10.9. The fourth-order valence-corrected chi connectivity index (χ4v) is 1.87. The first-order chi connectivity index (χ1) is 8.99. The zero-order valence-electron chi connectivity index (χ0n) is 9.30. The van der Waals surface area contributed by atoms with E-state index in [-0.39, 0.29) is 17.3 Å². The second kappa shape index (κ2) is 5.37. The lowest BCUT2D eigenvalue weighted by Crippen LogP contribution is -2.04. The van der Waals surface area contributed by atoms with Gasteiger partial charge in [-0.05, 0) is 34.1 Å². The lowest BCUT2D eigenvalue weighted by molar-refractivity contribution is -0.383. The number of nitrogens with two attached hydrogens (primary N) is 1. The van der Waals surface area contributed by atoms with Crippen LogP contribution in [0.15, 0.2) is 29.0 Å². The van der Waals surface area contributed by atoms with Crippen LogP contribution in [0.3, 0.4) is 0 Å². The number of hydrogen-bond donors (Lipinski definition) is 2. The molecule has 0 fully saturated rings. The van der Waals surface area contributed by atoms with E-state index < -0.39 is 4.92 Å². The summed E-state index contributed by atoms with van der Waals surface area (Å²) in [6, 6.07) is 4.98. The molecule has 1 aromatic heterocycles. The van der Waals surface area contributed by atoms with Gasteiger partial charge in [0.1, 0.15) is 6.33 Å². The molecule has 0 spiro atoms. The molecule has 0 saturated carbocycles. The molecule has 0 unspecified atom stereocenters. The summed E-state index contributed by atoms with van der Waals surface area (Å²) in [7, 11) is 0. The highest BCUT2D eigenvalue weighted by molar-refractivity contribution is 9.10. The molecular weight excluding hydrogens is 338 g/mol. The molecule has 9 heteroatoms. The molecule has 2 rings (SSSR count). The van der Waals surface area contributed by atoms with Gasteiger partial charge in [-0.2, -0.15) is 0 Å². The van der Waals surface area contributed by atoms with Gasteiger partial charge in [-0.15, -0.1) is 0 Å². The van der Waals surface area contributed by atoms with Crippen LogP contribution in [-0.2, 0) is 0 Å². The van der Waals surface area contributed by atoms with Crippen LogP contribution in [0.4, 0.5) is 23.0 Å². The van der Waals surface area contributed by atoms with Crippen LogP contribution in [0.2, 0.25) is 5.02 Å². The van der Waals surface area contributed by atoms with Crippen LogP contribution >= 0.6 is 27.5 Å². The van der Waals surface area contributed by atoms with Crippen LogP contribution in [-0.4, -0.2) is 14.9 Å². The third-order valence-electron chi connectivity index (χ3n) is 2.22. The topological polar surface area (TPSA) is 107 Å². The van der Waals surface area contributed by atoms with Crippen molar-refractivity contribution in [3.8, 4) is 0 Å². The summed E-state index contributed by atoms with van der Waals surface area (Å²) >= 11 is 9.12. The number of benzene rings is 1. The largest absolute Gasteiger partial charge is 0.378 e. The molecule has 0 aliphatic rings. The molecule has 0 aliphatic heterocycles.